The molecule has 1 amide bonds. The molecule has 11 nitrogen and oxygen atoms in total. The Balaban J connectivity index is 1.51. The molecule has 6 aromatic rings. The Hall–Kier alpha value is -5.43. The summed E-state index contributed by atoms with van der Waals surface area (Å²) >= 11 is 0. The molecule has 45 heavy (non-hydrogen) atoms. The first-order valence-electron chi connectivity index (χ1n) is 13.8. The number of furan rings is 1. The number of anilines is 1. The van der Waals surface area contributed by atoms with Crippen LogP contribution in [-0.4, -0.2) is 48.8 Å². The van der Waals surface area contributed by atoms with E-state index < -0.39 is 21.5 Å². The van der Waals surface area contributed by atoms with E-state index in [4.69, 9.17) is 14.1 Å². The predicted octanol–water partition coefficient (Wildman–Crippen LogP) is 4.82. The molecular formula is C32H26FN5O6S. The molecule has 2 aromatic carbocycles. The van der Waals surface area contributed by atoms with Gasteiger partial charge in [0, 0.05) is 48.8 Å². The number of carbonyl (C=O) groups is 1. The molecule has 5 heterocycles. The van der Waals surface area contributed by atoms with Crippen molar-refractivity contribution in [2.45, 2.75) is 13.7 Å². The second kappa shape index (κ2) is 10.1. The average Bonchev–Trinajstić information content (AvgIpc) is 3.58. The van der Waals surface area contributed by atoms with Crippen molar-refractivity contribution in [1.29, 1.82) is 0 Å². The summed E-state index contributed by atoms with van der Waals surface area (Å²) in [5.41, 5.74) is 3.27. The highest BCUT2D eigenvalue weighted by molar-refractivity contribution is 7.92. The van der Waals surface area contributed by atoms with Crippen molar-refractivity contribution in [3.8, 4) is 34.3 Å². The SMILES string of the molecule is CNC(=O)c1c(-n2ccc(C)cc2=O)oc2cc(N(C)S(C)(=O)=O)c(-c3ccc4c(n3)-c3cc5c(F)cccc5n3CO4)cc12. The molecule has 7 rings (SSSR count). The fourth-order valence-electron chi connectivity index (χ4n) is 5.64. The number of sulfonamides is 1. The van der Waals surface area contributed by atoms with Gasteiger partial charge in [-0.2, -0.15) is 0 Å². The Bertz CT molecular complexity index is 2390. The summed E-state index contributed by atoms with van der Waals surface area (Å²) in [5, 5.41) is 3.36. The maximum absolute atomic E-state index is 14.7. The first-order valence-corrected chi connectivity index (χ1v) is 15.7. The van der Waals surface area contributed by atoms with Crippen molar-refractivity contribution < 1.29 is 26.8 Å². The lowest BCUT2D eigenvalue weighted by atomic mass is 10.0. The van der Waals surface area contributed by atoms with E-state index in [0.717, 1.165) is 16.1 Å². The minimum Gasteiger partial charge on any atom is -0.470 e. The lowest BCUT2D eigenvalue weighted by Gasteiger charge is -2.23. The molecule has 1 aliphatic heterocycles. The summed E-state index contributed by atoms with van der Waals surface area (Å²) in [6.45, 7) is 1.94. The largest absolute Gasteiger partial charge is 0.470 e. The van der Waals surface area contributed by atoms with Crippen LogP contribution in [0.1, 0.15) is 15.9 Å². The summed E-state index contributed by atoms with van der Waals surface area (Å²) in [7, 11) is -0.912. The number of hydrogen-bond donors (Lipinski definition) is 1. The number of ether oxygens (including phenoxy) is 1. The fraction of sp³-hybridized carbons (Fsp3) is 0.156. The third kappa shape index (κ3) is 4.46. The van der Waals surface area contributed by atoms with Gasteiger partial charge >= 0.3 is 0 Å². The molecule has 0 bridgehead atoms. The van der Waals surface area contributed by atoms with Gasteiger partial charge < -0.3 is 19.0 Å². The lowest BCUT2D eigenvalue weighted by molar-refractivity contribution is 0.0963. The van der Waals surface area contributed by atoms with Gasteiger partial charge in [0.15, 0.2) is 6.73 Å². The molecule has 4 aromatic heterocycles. The summed E-state index contributed by atoms with van der Waals surface area (Å²) in [5.74, 6) is -0.425. The van der Waals surface area contributed by atoms with Crippen LogP contribution in [0.4, 0.5) is 10.1 Å². The molecule has 0 aliphatic carbocycles. The fourth-order valence-corrected chi connectivity index (χ4v) is 6.15. The van der Waals surface area contributed by atoms with Crippen molar-refractivity contribution in [2.75, 3.05) is 24.7 Å². The summed E-state index contributed by atoms with van der Waals surface area (Å²) in [6, 6.07) is 16.2. The minimum absolute atomic E-state index is 0.0159. The van der Waals surface area contributed by atoms with Crippen molar-refractivity contribution in [3.05, 3.63) is 94.2 Å². The molecular weight excluding hydrogens is 601 g/mol. The summed E-state index contributed by atoms with van der Waals surface area (Å²) in [6.07, 6.45) is 2.58. The molecule has 0 fully saturated rings. The quantitative estimate of drug-likeness (QED) is 0.290. The first-order chi connectivity index (χ1) is 21.5. The Morgan fingerprint density at radius 3 is 2.62 bits per heavy atom. The maximum atomic E-state index is 14.7. The van der Waals surface area contributed by atoms with Gasteiger partial charge in [-0.25, -0.2) is 17.8 Å². The number of hydrogen-bond acceptors (Lipinski definition) is 7. The van der Waals surface area contributed by atoms with Crippen LogP contribution in [-0.2, 0) is 16.8 Å². The molecule has 228 valence electrons. The molecule has 1 aliphatic rings. The molecule has 13 heteroatoms. The van der Waals surface area contributed by atoms with Crippen LogP contribution in [0.2, 0.25) is 0 Å². The van der Waals surface area contributed by atoms with E-state index in [1.54, 1.807) is 49.4 Å². The Morgan fingerprint density at radius 2 is 1.89 bits per heavy atom. The van der Waals surface area contributed by atoms with Gasteiger partial charge in [-0.05, 0) is 55.0 Å². The topological polar surface area (TPSA) is 129 Å². The monoisotopic (exact) mass is 627 g/mol. The van der Waals surface area contributed by atoms with Gasteiger partial charge in [0.1, 0.15) is 28.4 Å². The van der Waals surface area contributed by atoms with Crippen LogP contribution < -0.4 is 19.9 Å². The van der Waals surface area contributed by atoms with Gasteiger partial charge in [0.25, 0.3) is 11.5 Å². The van der Waals surface area contributed by atoms with E-state index in [1.807, 2.05) is 4.57 Å². The number of aromatic nitrogens is 3. The highest BCUT2D eigenvalue weighted by atomic mass is 32.2. The number of aryl methyl sites for hydroxylation is 1. The van der Waals surface area contributed by atoms with Gasteiger partial charge in [-0.3, -0.25) is 18.5 Å². The standard InChI is InChI=1S/C32H26FN5O6S/c1-17-10-11-37(28(39)12-17)32-29(31(40)34-2)20-13-19(24(15-27(20)44-32)36(3)45(4,41)42)22-8-9-26-30(35-22)25-14-18-21(33)6-5-7-23(18)38(25)16-43-26/h5-15H,16H2,1-4H3,(H,34,40). The molecule has 0 unspecified atom stereocenters. The van der Waals surface area contributed by atoms with Crippen LogP contribution in [0.5, 0.6) is 5.75 Å². The number of benzene rings is 2. The van der Waals surface area contributed by atoms with E-state index in [0.29, 0.717) is 44.7 Å². The van der Waals surface area contributed by atoms with E-state index in [9.17, 15) is 22.4 Å². The normalized spacial score (nSPS) is 12.6. The van der Waals surface area contributed by atoms with Crippen LogP contribution in [0.3, 0.4) is 0 Å². The van der Waals surface area contributed by atoms with E-state index >= 15 is 0 Å². The zero-order valence-corrected chi connectivity index (χ0v) is 25.4. The molecule has 0 saturated heterocycles. The Morgan fingerprint density at radius 1 is 1.09 bits per heavy atom. The van der Waals surface area contributed by atoms with Crippen molar-refractivity contribution in [3.63, 3.8) is 0 Å². The second-order valence-electron chi connectivity index (χ2n) is 10.8. The predicted molar refractivity (Wildman–Crippen MR) is 168 cm³/mol. The van der Waals surface area contributed by atoms with Crippen LogP contribution in [0.25, 0.3) is 50.4 Å². The number of rotatable bonds is 5. The van der Waals surface area contributed by atoms with Crippen LogP contribution >= 0.6 is 0 Å². The van der Waals surface area contributed by atoms with E-state index in [2.05, 4.69) is 5.32 Å². The summed E-state index contributed by atoms with van der Waals surface area (Å²) < 4.78 is 56.5. The smallest absolute Gasteiger partial charge is 0.257 e. The van der Waals surface area contributed by atoms with E-state index in [1.165, 1.54) is 43.1 Å². The number of carbonyl (C=O) groups excluding carboxylic acids is 1. The van der Waals surface area contributed by atoms with Gasteiger partial charge in [-0.15, -0.1) is 0 Å². The third-order valence-corrected chi connectivity index (χ3v) is 9.18. The van der Waals surface area contributed by atoms with Gasteiger partial charge in [0.05, 0.1) is 28.8 Å². The molecule has 0 spiro atoms. The number of pyridine rings is 2. The summed E-state index contributed by atoms with van der Waals surface area (Å²) in [4.78, 5) is 31.1. The number of nitrogens with zero attached hydrogens (tertiary/aromatic N) is 4. The Kier molecular flexibility index (Phi) is 6.34. The van der Waals surface area contributed by atoms with Crippen LogP contribution in [0, 0.1) is 12.7 Å². The van der Waals surface area contributed by atoms with Crippen molar-refractivity contribution >= 4 is 43.5 Å². The van der Waals surface area contributed by atoms with Crippen molar-refractivity contribution in [2.24, 2.45) is 0 Å². The third-order valence-electron chi connectivity index (χ3n) is 7.99. The lowest BCUT2D eigenvalue weighted by Crippen LogP contribution is -2.25. The molecule has 0 atom stereocenters. The highest BCUT2D eigenvalue weighted by Gasteiger charge is 2.28. The van der Waals surface area contributed by atoms with Crippen molar-refractivity contribution in [1.82, 2.24) is 19.4 Å². The number of halogens is 1. The minimum atomic E-state index is -3.77. The van der Waals surface area contributed by atoms with Crippen LogP contribution in [0.15, 0.2) is 76.1 Å². The first kappa shape index (κ1) is 28.3. The molecule has 0 radical (unpaired) electrons. The number of nitrogens with one attached hydrogen (secondary N) is 1. The number of fused-ring (bicyclic) bond motifs is 6. The highest BCUT2D eigenvalue weighted by Crippen LogP contribution is 2.42. The Labute approximate surface area is 256 Å². The van der Waals surface area contributed by atoms with Gasteiger partial charge in [0.2, 0.25) is 15.9 Å². The number of amides is 1. The van der Waals surface area contributed by atoms with E-state index in [-0.39, 0.29) is 35.3 Å². The zero-order valence-electron chi connectivity index (χ0n) is 24.6. The van der Waals surface area contributed by atoms with Gasteiger partial charge in [-0.1, -0.05) is 6.07 Å². The average molecular weight is 628 g/mol. The molecule has 1 N–H and O–H groups in total. The maximum Gasteiger partial charge on any atom is 0.257 e. The second-order valence-corrected chi connectivity index (χ2v) is 12.8. The zero-order chi connectivity index (χ0) is 31.8. The molecule has 0 saturated carbocycles.